The number of amides is 2. The SMILES string of the molecule is COc1ccccc1CNC(=O)[C@H]1c2ccccc2C(=O)N(C2CCCC2)C12CCCC2. The van der Waals surface area contributed by atoms with E-state index in [9.17, 15) is 9.59 Å². The van der Waals surface area contributed by atoms with Crippen LogP contribution >= 0.6 is 0 Å². The molecule has 0 radical (unpaired) electrons. The van der Waals surface area contributed by atoms with Crippen LogP contribution in [0, 0.1) is 0 Å². The minimum Gasteiger partial charge on any atom is -0.496 e. The molecule has 3 aliphatic rings. The van der Waals surface area contributed by atoms with Gasteiger partial charge in [-0.2, -0.15) is 0 Å². The predicted octanol–water partition coefficient (Wildman–Crippen LogP) is 4.81. The lowest BCUT2D eigenvalue weighted by Gasteiger charge is -2.52. The fraction of sp³-hybridized carbons (Fsp3) is 0.481. The summed E-state index contributed by atoms with van der Waals surface area (Å²) in [7, 11) is 1.65. The molecule has 168 valence electrons. The van der Waals surface area contributed by atoms with Crippen LogP contribution in [0.15, 0.2) is 48.5 Å². The monoisotopic (exact) mass is 432 g/mol. The van der Waals surface area contributed by atoms with Gasteiger partial charge in [-0.15, -0.1) is 0 Å². The van der Waals surface area contributed by atoms with Crippen molar-refractivity contribution in [1.82, 2.24) is 10.2 Å². The Hall–Kier alpha value is -2.82. The van der Waals surface area contributed by atoms with E-state index < -0.39 is 5.54 Å². The van der Waals surface area contributed by atoms with Crippen molar-refractivity contribution in [3.05, 3.63) is 65.2 Å². The van der Waals surface area contributed by atoms with E-state index in [0.29, 0.717) is 12.1 Å². The molecule has 1 atom stereocenters. The quantitative estimate of drug-likeness (QED) is 0.738. The lowest BCUT2D eigenvalue weighted by molar-refractivity contribution is -0.127. The van der Waals surface area contributed by atoms with Gasteiger partial charge in [-0.25, -0.2) is 0 Å². The van der Waals surface area contributed by atoms with Gasteiger partial charge in [-0.05, 0) is 43.4 Å². The van der Waals surface area contributed by atoms with Crippen molar-refractivity contribution in [2.45, 2.75) is 75.4 Å². The van der Waals surface area contributed by atoms with Gasteiger partial charge < -0.3 is 15.0 Å². The van der Waals surface area contributed by atoms with Crippen molar-refractivity contribution in [2.75, 3.05) is 7.11 Å². The second-order valence-electron chi connectivity index (χ2n) is 9.47. The number of nitrogens with zero attached hydrogens (tertiary/aromatic N) is 1. The summed E-state index contributed by atoms with van der Waals surface area (Å²) in [6, 6.07) is 15.8. The molecule has 1 N–H and O–H groups in total. The Labute approximate surface area is 190 Å². The summed E-state index contributed by atoms with van der Waals surface area (Å²) in [4.78, 5) is 29.8. The first-order chi connectivity index (χ1) is 15.7. The Bertz CT molecular complexity index is 1010. The number of carbonyl (C=O) groups is 2. The van der Waals surface area contributed by atoms with Crippen LogP contribution in [-0.4, -0.2) is 35.4 Å². The zero-order valence-corrected chi connectivity index (χ0v) is 18.8. The maximum Gasteiger partial charge on any atom is 0.254 e. The van der Waals surface area contributed by atoms with Gasteiger partial charge in [-0.3, -0.25) is 9.59 Å². The van der Waals surface area contributed by atoms with E-state index in [4.69, 9.17) is 4.74 Å². The average Bonchev–Trinajstić information content (AvgIpc) is 3.52. The third-order valence-corrected chi connectivity index (χ3v) is 7.81. The Balaban J connectivity index is 1.53. The van der Waals surface area contributed by atoms with Gasteiger partial charge in [0, 0.05) is 23.7 Å². The zero-order valence-electron chi connectivity index (χ0n) is 18.8. The number of methoxy groups -OCH3 is 1. The fourth-order valence-electron chi connectivity index (χ4n) is 6.43. The fourth-order valence-corrected chi connectivity index (χ4v) is 6.43. The van der Waals surface area contributed by atoms with Gasteiger partial charge >= 0.3 is 0 Å². The van der Waals surface area contributed by atoms with Crippen LogP contribution in [0.25, 0.3) is 0 Å². The third-order valence-electron chi connectivity index (χ3n) is 7.81. The molecule has 2 fully saturated rings. The first-order valence-corrected chi connectivity index (χ1v) is 12.0. The van der Waals surface area contributed by atoms with Crippen LogP contribution < -0.4 is 10.1 Å². The topological polar surface area (TPSA) is 58.6 Å². The highest BCUT2D eigenvalue weighted by atomic mass is 16.5. The van der Waals surface area contributed by atoms with E-state index in [1.807, 2.05) is 48.5 Å². The molecule has 2 aromatic rings. The molecule has 1 aliphatic heterocycles. The van der Waals surface area contributed by atoms with Crippen LogP contribution in [0.4, 0.5) is 0 Å². The predicted molar refractivity (Wildman–Crippen MR) is 124 cm³/mol. The minimum atomic E-state index is -0.411. The van der Waals surface area contributed by atoms with E-state index in [0.717, 1.165) is 68.2 Å². The van der Waals surface area contributed by atoms with E-state index in [1.165, 1.54) is 0 Å². The average molecular weight is 433 g/mol. The lowest BCUT2D eigenvalue weighted by atomic mass is 9.70. The minimum absolute atomic E-state index is 0.0146. The van der Waals surface area contributed by atoms with Crippen molar-refractivity contribution in [3.63, 3.8) is 0 Å². The number of para-hydroxylation sites is 1. The summed E-state index contributed by atoms with van der Waals surface area (Å²) in [5.41, 5.74) is 2.14. The molecule has 0 bridgehead atoms. The van der Waals surface area contributed by atoms with Gasteiger partial charge in [0.2, 0.25) is 5.91 Å². The molecule has 5 nitrogen and oxygen atoms in total. The van der Waals surface area contributed by atoms with Gasteiger partial charge in [0.25, 0.3) is 5.91 Å². The zero-order chi connectivity index (χ0) is 22.1. The summed E-state index contributed by atoms with van der Waals surface area (Å²) in [6.07, 6.45) is 8.35. The Morgan fingerprint density at radius 1 is 1.03 bits per heavy atom. The Morgan fingerprint density at radius 2 is 1.72 bits per heavy atom. The highest BCUT2D eigenvalue weighted by Gasteiger charge is 2.57. The number of carbonyl (C=O) groups excluding carboxylic acids is 2. The van der Waals surface area contributed by atoms with Crippen molar-refractivity contribution in [2.24, 2.45) is 0 Å². The van der Waals surface area contributed by atoms with Gasteiger partial charge in [0.15, 0.2) is 0 Å². The van der Waals surface area contributed by atoms with Crippen LogP contribution in [0.2, 0.25) is 0 Å². The first-order valence-electron chi connectivity index (χ1n) is 12.0. The summed E-state index contributed by atoms with van der Waals surface area (Å²) in [5.74, 6) is 0.577. The maximum absolute atomic E-state index is 13.9. The normalized spacial score (nSPS) is 22.2. The summed E-state index contributed by atoms with van der Waals surface area (Å²) in [6.45, 7) is 0.412. The van der Waals surface area contributed by atoms with Gasteiger partial charge in [-0.1, -0.05) is 62.1 Å². The molecule has 1 spiro atoms. The van der Waals surface area contributed by atoms with Crippen LogP contribution in [-0.2, 0) is 11.3 Å². The molecule has 32 heavy (non-hydrogen) atoms. The summed E-state index contributed by atoms with van der Waals surface area (Å²) in [5, 5.41) is 3.20. The second-order valence-corrected chi connectivity index (χ2v) is 9.47. The highest BCUT2D eigenvalue weighted by molar-refractivity contribution is 6.02. The molecule has 5 rings (SSSR count). The molecule has 2 amide bonds. The highest BCUT2D eigenvalue weighted by Crippen LogP contribution is 2.52. The summed E-state index contributed by atoms with van der Waals surface area (Å²) >= 11 is 0. The first kappa shape index (κ1) is 21.0. The smallest absolute Gasteiger partial charge is 0.254 e. The molecule has 0 saturated heterocycles. The number of hydrogen-bond acceptors (Lipinski definition) is 3. The van der Waals surface area contributed by atoms with Crippen molar-refractivity contribution in [3.8, 4) is 5.75 Å². The molecule has 2 aromatic carbocycles. The largest absolute Gasteiger partial charge is 0.496 e. The van der Waals surface area contributed by atoms with Crippen molar-refractivity contribution in [1.29, 1.82) is 0 Å². The Kier molecular flexibility index (Phi) is 5.66. The van der Waals surface area contributed by atoms with E-state index in [1.54, 1.807) is 7.11 Å². The molecule has 0 aromatic heterocycles. The van der Waals surface area contributed by atoms with Crippen molar-refractivity contribution < 1.29 is 14.3 Å². The Morgan fingerprint density at radius 3 is 2.47 bits per heavy atom. The molecule has 0 unspecified atom stereocenters. The van der Waals surface area contributed by atoms with E-state index in [2.05, 4.69) is 10.2 Å². The number of benzene rings is 2. The maximum atomic E-state index is 13.9. The third kappa shape index (κ3) is 3.39. The molecule has 2 aliphatic carbocycles. The van der Waals surface area contributed by atoms with Crippen LogP contribution in [0.1, 0.15) is 78.8 Å². The van der Waals surface area contributed by atoms with Crippen LogP contribution in [0.3, 0.4) is 0 Å². The molecular weight excluding hydrogens is 400 g/mol. The molecular formula is C27H32N2O3. The number of hydrogen-bond donors (Lipinski definition) is 1. The standard InChI is InChI=1S/C27H32N2O3/c1-32-23-15-7-2-10-19(23)18-28-25(30)24-21-13-5-6-14-22(21)26(31)29(20-11-3-4-12-20)27(24)16-8-9-17-27/h2,5-7,10,13-15,20,24H,3-4,8-9,11-12,16-18H2,1H3,(H,28,30)/t24-/m1/s1. The van der Waals surface area contributed by atoms with Gasteiger partial charge in [0.05, 0.1) is 18.6 Å². The number of nitrogens with one attached hydrogen (secondary N) is 1. The van der Waals surface area contributed by atoms with Gasteiger partial charge in [0.1, 0.15) is 5.75 Å². The second kappa shape index (κ2) is 8.61. The summed E-state index contributed by atoms with van der Waals surface area (Å²) < 4.78 is 5.47. The van der Waals surface area contributed by atoms with E-state index >= 15 is 0 Å². The lowest BCUT2D eigenvalue weighted by Crippen LogP contribution is -2.63. The van der Waals surface area contributed by atoms with E-state index in [-0.39, 0.29) is 23.8 Å². The van der Waals surface area contributed by atoms with Crippen LogP contribution in [0.5, 0.6) is 5.75 Å². The molecule has 2 saturated carbocycles. The number of fused-ring (bicyclic) bond motifs is 1. The number of rotatable bonds is 5. The van der Waals surface area contributed by atoms with Crippen molar-refractivity contribution >= 4 is 11.8 Å². The number of ether oxygens (including phenoxy) is 1. The molecule has 5 heteroatoms. The molecule has 1 heterocycles.